The van der Waals surface area contributed by atoms with E-state index in [1.807, 2.05) is 0 Å². The molecule has 0 saturated carbocycles. The Morgan fingerprint density at radius 1 is 1.67 bits per heavy atom. The monoisotopic (exact) mass is 216 g/mol. The van der Waals surface area contributed by atoms with Gasteiger partial charge in [0.05, 0.1) is 16.8 Å². The Kier molecular flexibility index (Phi) is 3.31. The van der Waals surface area contributed by atoms with Gasteiger partial charge in [-0.2, -0.15) is 0 Å². The molecule has 0 atom stereocenters. The van der Waals surface area contributed by atoms with Crippen LogP contribution in [0.15, 0.2) is 6.20 Å². The van der Waals surface area contributed by atoms with Gasteiger partial charge in [0.15, 0.2) is 0 Å². The number of hydrogen-bond acceptors (Lipinski definition) is 3. The molecule has 0 radical (unpaired) electrons. The Labute approximate surface area is 84.7 Å². The lowest BCUT2D eigenvalue weighted by Gasteiger charge is -2.10. The van der Waals surface area contributed by atoms with Crippen LogP contribution in [0, 0.1) is 6.92 Å². The first kappa shape index (κ1) is 11.5. The molecule has 1 aromatic heterocycles. The Balaban J connectivity index is 3.44. The molecule has 82 valence electrons. The first-order valence-electron chi connectivity index (χ1n) is 4.19. The Morgan fingerprint density at radius 2 is 2.27 bits per heavy atom. The maximum atomic E-state index is 12.5. The highest BCUT2D eigenvalue weighted by atomic mass is 19.3. The van der Waals surface area contributed by atoms with Crippen LogP contribution in [0.1, 0.15) is 33.6 Å². The predicted molar refractivity (Wildman–Crippen MR) is 48.8 cm³/mol. The van der Waals surface area contributed by atoms with Gasteiger partial charge in [0, 0.05) is 12.7 Å². The van der Waals surface area contributed by atoms with Gasteiger partial charge in [-0.1, -0.05) is 0 Å². The van der Waals surface area contributed by atoms with Crippen molar-refractivity contribution in [1.82, 2.24) is 4.98 Å². The molecule has 0 aliphatic heterocycles. The number of alkyl halides is 2. The van der Waals surface area contributed by atoms with Crippen molar-refractivity contribution in [2.45, 2.75) is 19.9 Å². The van der Waals surface area contributed by atoms with Gasteiger partial charge in [-0.05, 0) is 12.5 Å². The van der Waals surface area contributed by atoms with E-state index in [-0.39, 0.29) is 12.1 Å². The molecule has 0 amide bonds. The number of carboxylic acid groups (broad SMARTS) is 1. The third kappa shape index (κ3) is 2.10. The second kappa shape index (κ2) is 4.31. The average Bonchev–Trinajstić information content (AvgIpc) is 2.16. The Bertz CT molecular complexity index is 394. The van der Waals surface area contributed by atoms with Crippen LogP contribution in [0.4, 0.5) is 8.78 Å². The van der Waals surface area contributed by atoms with Crippen LogP contribution in [0.5, 0.6) is 0 Å². The van der Waals surface area contributed by atoms with Crippen LogP contribution in [-0.4, -0.2) is 16.1 Å². The van der Waals surface area contributed by atoms with E-state index in [0.29, 0.717) is 5.69 Å². The van der Waals surface area contributed by atoms with E-state index < -0.39 is 23.5 Å². The number of halogens is 2. The molecule has 1 rings (SSSR count). The van der Waals surface area contributed by atoms with Gasteiger partial charge in [0.25, 0.3) is 6.43 Å². The summed E-state index contributed by atoms with van der Waals surface area (Å²) in [7, 11) is 0. The minimum atomic E-state index is -2.85. The second-order valence-corrected chi connectivity index (χ2v) is 2.97. The highest BCUT2D eigenvalue weighted by Gasteiger charge is 2.22. The number of rotatable bonds is 3. The summed E-state index contributed by atoms with van der Waals surface area (Å²) in [5.74, 6) is -1.39. The molecular weight excluding hydrogens is 206 g/mol. The number of carbonyl (C=O) groups is 1. The number of aromatic carboxylic acids is 1. The molecule has 6 heteroatoms. The molecule has 0 unspecified atom stereocenters. The van der Waals surface area contributed by atoms with Crippen molar-refractivity contribution in [2.75, 3.05) is 0 Å². The fraction of sp³-hybridized carbons (Fsp3) is 0.333. The molecule has 0 bridgehead atoms. The van der Waals surface area contributed by atoms with Gasteiger partial charge in [0.2, 0.25) is 0 Å². The van der Waals surface area contributed by atoms with Gasteiger partial charge in [-0.15, -0.1) is 0 Å². The largest absolute Gasteiger partial charge is 0.478 e. The van der Waals surface area contributed by atoms with Gasteiger partial charge in [0.1, 0.15) is 0 Å². The van der Waals surface area contributed by atoms with Crippen molar-refractivity contribution < 1.29 is 18.7 Å². The van der Waals surface area contributed by atoms with Gasteiger partial charge >= 0.3 is 5.97 Å². The Hall–Kier alpha value is -1.56. The van der Waals surface area contributed by atoms with Crippen LogP contribution in [0.3, 0.4) is 0 Å². The average molecular weight is 216 g/mol. The zero-order chi connectivity index (χ0) is 11.6. The third-order valence-corrected chi connectivity index (χ3v) is 2.10. The summed E-state index contributed by atoms with van der Waals surface area (Å²) in [6.45, 7) is 1.44. The number of pyridine rings is 1. The zero-order valence-electron chi connectivity index (χ0n) is 8.00. The van der Waals surface area contributed by atoms with Crippen molar-refractivity contribution in [3.05, 3.63) is 28.6 Å². The molecule has 3 N–H and O–H groups in total. The SMILES string of the molecule is Cc1c(CN)ncc(C(F)F)c1C(=O)O. The van der Waals surface area contributed by atoms with Crippen LogP contribution in [0.25, 0.3) is 0 Å². The van der Waals surface area contributed by atoms with Crippen LogP contribution >= 0.6 is 0 Å². The minimum absolute atomic E-state index is 0.0234. The lowest BCUT2D eigenvalue weighted by Crippen LogP contribution is -2.12. The molecule has 0 fully saturated rings. The topological polar surface area (TPSA) is 76.2 Å². The number of carboxylic acids is 1. The van der Waals surface area contributed by atoms with Crippen LogP contribution < -0.4 is 5.73 Å². The van der Waals surface area contributed by atoms with Crippen molar-refractivity contribution in [3.63, 3.8) is 0 Å². The number of hydrogen-bond donors (Lipinski definition) is 2. The van der Waals surface area contributed by atoms with E-state index >= 15 is 0 Å². The number of nitrogens with zero attached hydrogens (tertiary/aromatic N) is 1. The molecule has 0 aromatic carbocycles. The number of aromatic nitrogens is 1. The molecule has 1 aromatic rings. The van der Waals surface area contributed by atoms with E-state index in [9.17, 15) is 13.6 Å². The highest BCUT2D eigenvalue weighted by Crippen LogP contribution is 2.25. The molecule has 0 saturated heterocycles. The van der Waals surface area contributed by atoms with Crippen molar-refractivity contribution in [1.29, 1.82) is 0 Å². The molecule has 0 aliphatic rings. The van der Waals surface area contributed by atoms with Gasteiger partial charge in [-0.3, -0.25) is 4.98 Å². The molecule has 1 heterocycles. The third-order valence-electron chi connectivity index (χ3n) is 2.10. The standard InChI is InChI=1S/C9H10F2N2O2/c1-4-6(2-12)13-3-5(8(10)11)7(4)9(14)15/h3,8H,2,12H2,1H3,(H,14,15). The smallest absolute Gasteiger partial charge is 0.336 e. The summed E-state index contributed by atoms with van der Waals surface area (Å²) in [5.41, 5.74) is 4.84. The van der Waals surface area contributed by atoms with Crippen molar-refractivity contribution in [3.8, 4) is 0 Å². The summed E-state index contributed by atoms with van der Waals surface area (Å²) in [6.07, 6.45) is -1.99. The quantitative estimate of drug-likeness (QED) is 0.802. The molecule has 0 spiro atoms. The summed E-state index contributed by atoms with van der Waals surface area (Å²) in [6, 6.07) is 0. The molecule has 0 aliphatic carbocycles. The van der Waals surface area contributed by atoms with Crippen LogP contribution in [0.2, 0.25) is 0 Å². The fourth-order valence-electron chi connectivity index (χ4n) is 1.32. The normalized spacial score (nSPS) is 10.7. The lowest BCUT2D eigenvalue weighted by atomic mass is 10.0. The summed E-state index contributed by atoms with van der Waals surface area (Å²) < 4.78 is 24.9. The van der Waals surface area contributed by atoms with E-state index in [2.05, 4.69) is 4.98 Å². The minimum Gasteiger partial charge on any atom is -0.478 e. The summed E-state index contributed by atoms with van der Waals surface area (Å²) >= 11 is 0. The van der Waals surface area contributed by atoms with E-state index in [1.54, 1.807) is 0 Å². The molecule has 15 heavy (non-hydrogen) atoms. The zero-order valence-corrected chi connectivity index (χ0v) is 8.00. The fourth-order valence-corrected chi connectivity index (χ4v) is 1.32. The summed E-state index contributed by atoms with van der Waals surface area (Å²) in [4.78, 5) is 14.5. The van der Waals surface area contributed by atoms with Crippen LogP contribution in [-0.2, 0) is 6.54 Å². The van der Waals surface area contributed by atoms with E-state index in [1.165, 1.54) is 6.92 Å². The van der Waals surface area contributed by atoms with Gasteiger partial charge < -0.3 is 10.8 Å². The van der Waals surface area contributed by atoms with Gasteiger partial charge in [-0.25, -0.2) is 13.6 Å². The maximum Gasteiger partial charge on any atom is 0.336 e. The highest BCUT2D eigenvalue weighted by molar-refractivity contribution is 5.91. The molecular formula is C9H10F2N2O2. The Morgan fingerprint density at radius 3 is 2.67 bits per heavy atom. The maximum absolute atomic E-state index is 12.5. The lowest BCUT2D eigenvalue weighted by molar-refractivity contribution is 0.0683. The van der Waals surface area contributed by atoms with E-state index in [0.717, 1.165) is 6.20 Å². The van der Waals surface area contributed by atoms with Crippen molar-refractivity contribution in [2.24, 2.45) is 5.73 Å². The predicted octanol–water partition coefficient (Wildman–Crippen LogP) is 1.48. The first-order valence-corrected chi connectivity index (χ1v) is 4.19. The summed E-state index contributed by atoms with van der Waals surface area (Å²) in [5, 5.41) is 8.81. The van der Waals surface area contributed by atoms with E-state index in [4.69, 9.17) is 10.8 Å². The second-order valence-electron chi connectivity index (χ2n) is 2.97. The van der Waals surface area contributed by atoms with Crippen molar-refractivity contribution >= 4 is 5.97 Å². The first-order chi connectivity index (χ1) is 6.99. The molecule has 4 nitrogen and oxygen atoms in total. The number of nitrogens with two attached hydrogens (primary N) is 1.